The maximum Gasteiger partial charge on any atom is 0.214 e. The fourth-order valence-electron chi connectivity index (χ4n) is 2.39. The highest BCUT2D eigenvalue weighted by molar-refractivity contribution is 5.77. The smallest absolute Gasteiger partial charge is 0.214 e. The largest absolute Gasteiger partial charge is 0.444 e. The van der Waals surface area contributed by atoms with Gasteiger partial charge in [-0.05, 0) is 20.3 Å². The van der Waals surface area contributed by atoms with Crippen LogP contribution in [-0.4, -0.2) is 24.3 Å². The van der Waals surface area contributed by atoms with Crippen LogP contribution in [0.5, 0.6) is 0 Å². The average Bonchev–Trinajstić information content (AvgIpc) is 2.98. The third-order valence-electron chi connectivity index (χ3n) is 3.52. The normalized spacial score (nSPS) is 11.6. The molecule has 0 amide bonds. The molecule has 0 aliphatic rings. The molecule has 0 aliphatic carbocycles. The van der Waals surface area contributed by atoms with Crippen LogP contribution in [0.15, 0.2) is 4.42 Å². The molecule has 3 aromatic rings. The van der Waals surface area contributed by atoms with E-state index in [9.17, 15) is 0 Å². The predicted molar refractivity (Wildman–Crippen MR) is 75.4 cm³/mol. The van der Waals surface area contributed by atoms with Crippen molar-refractivity contribution in [1.82, 2.24) is 24.3 Å². The molecular formula is C13H18N6O. The molecule has 0 unspecified atom stereocenters. The highest BCUT2D eigenvalue weighted by atomic mass is 16.4. The first-order chi connectivity index (χ1) is 9.51. The highest BCUT2D eigenvalue weighted by Gasteiger charge is 2.18. The lowest BCUT2D eigenvalue weighted by Gasteiger charge is -2.03. The number of hydrogen-bond acceptors (Lipinski definition) is 5. The zero-order valence-corrected chi connectivity index (χ0v) is 12.1. The highest BCUT2D eigenvalue weighted by Crippen LogP contribution is 2.22. The fraction of sp³-hybridized carbons (Fsp3) is 0.462. The lowest BCUT2D eigenvalue weighted by molar-refractivity contribution is 0.459. The third-order valence-corrected chi connectivity index (χ3v) is 3.52. The number of hydrogen-bond donors (Lipinski definition) is 1. The summed E-state index contributed by atoms with van der Waals surface area (Å²) in [6, 6.07) is 0. The lowest BCUT2D eigenvalue weighted by atomic mass is 10.3. The molecule has 0 spiro atoms. The van der Waals surface area contributed by atoms with E-state index in [0.717, 1.165) is 34.7 Å². The Morgan fingerprint density at radius 2 is 2.00 bits per heavy atom. The Kier molecular flexibility index (Phi) is 2.77. The van der Waals surface area contributed by atoms with Crippen molar-refractivity contribution in [2.24, 2.45) is 7.05 Å². The Bertz CT molecular complexity index is 759. The van der Waals surface area contributed by atoms with Crippen molar-refractivity contribution in [1.29, 1.82) is 0 Å². The van der Waals surface area contributed by atoms with Gasteiger partial charge in [0.1, 0.15) is 17.8 Å². The van der Waals surface area contributed by atoms with Crippen molar-refractivity contribution in [3.63, 3.8) is 0 Å². The molecule has 7 heteroatoms. The molecule has 106 valence electrons. The van der Waals surface area contributed by atoms with Gasteiger partial charge in [-0.25, -0.2) is 9.97 Å². The molecular weight excluding hydrogens is 256 g/mol. The standard InChI is InChI=1S/C13H18N6O/c1-5-9-11-12(18(4)17-9)19(13(14)16-11)6-10-15-7(2)8(3)20-10/h5-6H2,1-4H3,(H2,14,16). The summed E-state index contributed by atoms with van der Waals surface area (Å²) in [6.45, 7) is 6.34. The van der Waals surface area contributed by atoms with E-state index in [-0.39, 0.29) is 0 Å². The van der Waals surface area contributed by atoms with Crippen LogP contribution in [0.3, 0.4) is 0 Å². The van der Waals surface area contributed by atoms with Crippen LogP contribution in [0.2, 0.25) is 0 Å². The van der Waals surface area contributed by atoms with E-state index in [0.29, 0.717) is 18.4 Å². The quantitative estimate of drug-likeness (QED) is 0.783. The van der Waals surface area contributed by atoms with Gasteiger partial charge in [0, 0.05) is 7.05 Å². The minimum Gasteiger partial charge on any atom is -0.444 e. The van der Waals surface area contributed by atoms with Crippen LogP contribution < -0.4 is 5.73 Å². The van der Waals surface area contributed by atoms with Crippen LogP contribution >= 0.6 is 0 Å². The van der Waals surface area contributed by atoms with E-state index in [2.05, 4.69) is 22.0 Å². The first-order valence-corrected chi connectivity index (χ1v) is 6.61. The number of nitrogens with zero attached hydrogens (tertiary/aromatic N) is 5. The number of aromatic nitrogens is 5. The molecule has 0 aromatic carbocycles. The zero-order chi connectivity index (χ0) is 14.4. The van der Waals surface area contributed by atoms with Crippen LogP contribution in [0.25, 0.3) is 11.2 Å². The maximum atomic E-state index is 6.02. The van der Waals surface area contributed by atoms with Crippen LogP contribution in [0.1, 0.15) is 30.0 Å². The molecule has 0 atom stereocenters. The fourth-order valence-corrected chi connectivity index (χ4v) is 2.39. The van der Waals surface area contributed by atoms with E-state index in [1.165, 1.54) is 0 Å². The van der Waals surface area contributed by atoms with E-state index >= 15 is 0 Å². The Labute approximate surface area is 116 Å². The predicted octanol–water partition coefficient (Wildman–Crippen LogP) is 1.57. The Balaban J connectivity index is 2.11. The first kappa shape index (κ1) is 12.7. The van der Waals surface area contributed by atoms with Gasteiger partial charge in [-0.15, -0.1) is 0 Å². The summed E-state index contributed by atoms with van der Waals surface area (Å²) >= 11 is 0. The number of imidazole rings is 1. The van der Waals surface area contributed by atoms with Crippen LogP contribution in [0.4, 0.5) is 5.95 Å². The second kappa shape index (κ2) is 4.36. The maximum absolute atomic E-state index is 6.02. The summed E-state index contributed by atoms with van der Waals surface area (Å²) in [7, 11) is 1.89. The summed E-state index contributed by atoms with van der Waals surface area (Å²) < 4.78 is 9.31. The van der Waals surface area contributed by atoms with Gasteiger partial charge in [0.05, 0.1) is 11.4 Å². The van der Waals surface area contributed by atoms with Crippen LogP contribution in [0, 0.1) is 13.8 Å². The number of rotatable bonds is 3. The van der Waals surface area contributed by atoms with Crippen LogP contribution in [-0.2, 0) is 20.0 Å². The average molecular weight is 274 g/mol. The Morgan fingerprint density at radius 1 is 1.25 bits per heavy atom. The molecule has 2 N–H and O–H groups in total. The van der Waals surface area contributed by atoms with Gasteiger partial charge in [-0.3, -0.25) is 9.25 Å². The monoisotopic (exact) mass is 274 g/mol. The first-order valence-electron chi connectivity index (χ1n) is 6.61. The van der Waals surface area contributed by atoms with E-state index < -0.39 is 0 Å². The SMILES string of the molecule is CCc1nn(C)c2c1nc(N)n2Cc1nc(C)c(C)o1. The zero-order valence-electron chi connectivity index (χ0n) is 12.1. The molecule has 7 nitrogen and oxygen atoms in total. The lowest BCUT2D eigenvalue weighted by Crippen LogP contribution is -2.08. The number of nitrogen functional groups attached to an aromatic ring is 1. The second-order valence-corrected chi connectivity index (χ2v) is 4.90. The molecule has 0 radical (unpaired) electrons. The van der Waals surface area contributed by atoms with Crippen molar-refractivity contribution >= 4 is 17.1 Å². The van der Waals surface area contributed by atoms with Gasteiger partial charge in [0.25, 0.3) is 0 Å². The van der Waals surface area contributed by atoms with Gasteiger partial charge < -0.3 is 10.2 Å². The van der Waals surface area contributed by atoms with E-state index in [1.54, 1.807) is 4.68 Å². The third kappa shape index (κ3) is 1.77. The topological polar surface area (TPSA) is 87.7 Å². The summed E-state index contributed by atoms with van der Waals surface area (Å²) in [4.78, 5) is 8.81. The number of aryl methyl sites for hydroxylation is 4. The van der Waals surface area contributed by atoms with Gasteiger partial charge in [-0.2, -0.15) is 5.10 Å². The summed E-state index contributed by atoms with van der Waals surface area (Å²) in [6.07, 6.45) is 0.824. The summed E-state index contributed by atoms with van der Waals surface area (Å²) in [5.74, 6) is 1.91. The van der Waals surface area contributed by atoms with Crippen molar-refractivity contribution < 1.29 is 4.42 Å². The van der Waals surface area contributed by atoms with Crippen molar-refractivity contribution in [2.45, 2.75) is 33.7 Å². The molecule has 0 fully saturated rings. The summed E-state index contributed by atoms with van der Waals surface area (Å²) in [5, 5.41) is 4.46. The van der Waals surface area contributed by atoms with Crippen molar-refractivity contribution in [3.8, 4) is 0 Å². The van der Waals surface area contributed by atoms with E-state index in [4.69, 9.17) is 10.2 Å². The van der Waals surface area contributed by atoms with Gasteiger partial charge in [0.15, 0.2) is 5.65 Å². The van der Waals surface area contributed by atoms with Gasteiger partial charge in [-0.1, -0.05) is 6.92 Å². The van der Waals surface area contributed by atoms with E-state index in [1.807, 2.05) is 25.5 Å². The number of fused-ring (bicyclic) bond motifs is 1. The molecule has 3 heterocycles. The molecule has 20 heavy (non-hydrogen) atoms. The molecule has 3 rings (SSSR count). The van der Waals surface area contributed by atoms with Gasteiger partial charge >= 0.3 is 0 Å². The molecule has 0 saturated carbocycles. The second-order valence-electron chi connectivity index (χ2n) is 4.90. The minimum absolute atomic E-state index is 0.455. The number of nitrogens with two attached hydrogens (primary N) is 1. The molecule has 0 aliphatic heterocycles. The molecule has 3 aromatic heterocycles. The van der Waals surface area contributed by atoms with Crippen molar-refractivity contribution in [3.05, 3.63) is 23.0 Å². The minimum atomic E-state index is 0.455. The number of anilines is 1. The van der Waals surface area contributed by atoms with Gasteiger partial charge in [0.2, 0.25) is 11.8 Å². The number of oxazole rings is 1. The summed E-state index contributed by atoms with van der Waals surface area (Å²) in [5.41, 5.74) is 9.62. The molecule has 0 saturated heterocycles. The van der Waals surface area contributed by atoms with Crippen molar-refractivity contribution in [2.75, 3.05) is 5.73 Å². The molecule has 0 bridgehead atoms. The Hall–Kier alpha value is -2.31. The Morgan fingerprint density at radius 3 is 2.60 bits per heavy atom.